The lowest BCUT2D eigenvalue weighted by molar-refractivity contribution is 0.0978. The molecule has 122 valence electrons. The average molecular weight is 312 g/mol. The van der Waals surface area contributed by atoms with Gasteiger partial charge in [0.2, 0.25) is 0 Å². The zero-order valence-corrected chi connectivity index (χ0v) is 13.8. The van der Waals surface area contributed by atoms with Crippen LogP contribution in [0.1, 0.15) is 18.1 Å². The highest BCUT2D eigenvalue weighted by Crippen LogP contribution is 2.14. The Balaban J connectivity index is 1.47. The molecule has 1 saturated heterocycles. The first kappa shape index (κ1) is 16.2. The van der Waals surface area contributed by atoms with E-state index in [9.17, 15) is 4.39 Å². The molecule has 2 aromatic carbocycles. The Morgan fingerprint density at radius 2 is 1.52 bits per heavy atom. The first-order valence-electron chi connectivity index (χ1n) is 8.45. The second-order valence-electron chi connectivity index (χ2n) is 6.48. The first-order chi connectivity index (χ1) is 11.2. The molecule has 23 heavy (non-hydrogen) atoms. The third-order valence-electron chi connectivity index (χ3n) is 4.72. The maximum Gasteiger partial charge on any atom is 0.123 e. The molecule has 0 bridgehead atoms. The summed E-state index contributed by atoms with van der Waals surface area (Å²) in [7, 11) is 0. The highest BCUT2D eigenvalue weighted by atomic mass is 19.1. The van der Waals surface area contributed by atoms with E-state index >= 15 is 0 Å². The Hall–Kier alpha value is -1.71. The lowest BCUT2D eigenvalue weighted by Gasteiger charge is -2.38. The van der Waals surface area contributed by atoms with E-state index in [2.05, 4.69) is 47.1 Å². The first-order valence-corrected chi connectivity index (χ1v) is 8.45. The van der Waals surface area contributed by atoms with E-state index in [-0.39, 0.29) is 5.82 Å². The number of halogens is 1. The lowest BCUT2D eigenvalue weighted by Crippen LogP contribution is -2.49. The normalized spacial score (nSPS) is 18.0. The molecule has 2 aromatic rings. The van der Waals surface area contributed by atoms with Gasteiger partial charge in [-0.1, -0.05) is 42.5 Å². The molecule has 0 aromatic heterocycles. The third kappa shape index (κ3) is 4.63. The second-order valence-corrected chi connectivity index (χ2v) is 6.48. The number of benzene rings is 2. The molecule has 1 atom stereocenters. The topological polar surface area (TPSA) is 6.48 Å². The fraction of sp³-hybridized carbons (Fsp3) is 0.400. The van der Waals surface area contributed by atoms with Crippen LogP contribution in [0.5, 0.6) is 0 Å². The average Bonchev–Trinajstić information content (AvgIpc) is 2.58. The predicted octanol–water partition coefficient (Wildman–Crippen LogP) is 3.57. The van der Waals surface area contributed by atoms with E-state index < -0.39 is 0 Å². The highest BCUT2D eigenvalue weighted by molar-refractivity contribution is 5.17. The fourth-order valence-corrected chi connectivity index (χ4v) is 3.29. The SMILES string of the molecule is C[C@H](Cc1ccc(F)cc1)N1CCN(Cc2ccccc2)CC1. The molecule has 1 aliphatic heterocycles. The lowest BCUT2D eigenvalue weighted by atomic mass is 10.1. The molecule has 1 heterocycles. The van der Waals surface area contributed by atoms with Gasteiger partial charge in [0.15, 0.2) is 0 Å². The van der Waals surface area contributed by atoms with Crippen LogP contribution in [-0.4, -0.2) is 42.0 Å². The van der Waals surface area contributed by atoms with Gasteiger partial charge in [-0.25, -0.2) is 4.39 Å². The molecule has 0 radical (unpaired) electrons. The van der Waals surface area contributed by atoms with E-state index in [1.54, 1.807) is 12.1 Å². The number of rotatable bonds is 5. The van der Waals surface area contributed by atoms with Gasteiger partial charge in [-0.3, -0.25) is 9.80 Å². The Morgan fingerprint density at radius 1 is 0.870 bits per heavy atom. The minimum Gasteiger partial charge on any atom is -0.298 e. The molecular formula is C20H25FN2. The van der Waals surface area contributed by atoms with Gasteiger partial charge in [0.25, 0.3) is 0 Å². The smallest absolute Gasteiger partial charge is 0.123 e. The van der Waals surface area contributed by atoms with Crippen molar-refractivity contribution in [2.24, 2.45) is 0 Å². The third-order valence-corrected chi connectivity index (χ3v) is 4.72. The minimum absolute atomic E-state index is 0.157. The van der Waals surface area contributed by atoms with Gasteiger partial charge in [-0.05, 0) is 36.6 Å². The van der Waals surface area contributed by atoms with E-state index in [1.807, 2.05) is 12.1 Å². The van der Waals surface area contributed by atoms with Crippen molar-refractivity contribution in [3.8, 4) is 0 Å². The largest absolute Gasteiger partial charge is 0.298 e. The molecule has 0 saturated carbocycles. The van der Waals surface area contributed by atoms with Crippen LogP contribution in [0.4, 0.5) is 4.39 Å². The summed E-state index contributed by atoms with van der Waals surface area (Å²) in [6.07, 6.45) is 0.985. The maximum absolute atomic E-state index is 13.0. The van der Waals surface area contributed by atoms with Crippen molar-refractivity contribution in [3.05, 3.63) is 71.5 Å². The fourth-order valence-electron chi connectivity index (χ4n) is 3.29. The molecule has 1 aliphatic rings. The summed E-state index contributed by atoms with van der Waals surface area (Å²) in [4.78, 5) is 5.07. The summed E-state index contributed by atoms with van der Waals surface area (Å²) >= 11 is 0. The quantitative estimate of drug-likeness (QED) is 0.833. The summed E-state index contributed by atoms with van der Waals surface area (Å²) in [6.45, 7) is 7.76. The monoisotopic (exact) mass is 312 g/mol. The maximum atomic E-state index is 13.0. The van der Waals surface area contributed by atoms with Crippen LogP contribution in [0.15, 0.2) is 54.6 Å². The van der Waals surface area contributed by atoms with Crippen LogP contribution in [0.2, 0.25) is 0 Å². The Bertz CT molecular complexity index is 589. The molecule has 3 rings (SSSR count). The van der Waals surface area contributed by atoms with Gasteiger partial charge >= 0.3 is 0 Å². The van der Waals surface area contributed by atoms with Crippen molar-refractivity contribution in [2.45, 2.75) is 25.9 Å². The van der Waals surface area contributed by atoms with Gasteiger partial charge in [-0.15, -0.1) is 0 Å². The van der Waals surface area contributed by atoms with Crippen LogP contribution < -0.4 is 0 Å². The predicted molar refractivity (Wildman–Crippen MR) is 92.9 cm³/mol. The number of hydrogen-bond donors (Lipinski definition) is 0. The summed E-state index contributed by atoms with van der Waals surface area (Å²) in [5.41, 5.74) is 2.60. The Morgan fingerprint density at radius 3 is 2.17 bits per heavy atom. The zero-order valence-electron chi connectivity index (χ0n) is 13.8. The van der Waals surface area contributed by atoms with Crippen LogP contribution in [0.25, 0.3) is 0 Å². The zero-order chi connectivity index (χ0) is 16.1. The van der Waals surface area contributed by atoms with Crippen LogP contribution in [0, 0.1) is 5.82 Å². The van der Waals surface area contributed by atoms with Gasteiger partial charge in [0.05, 0.1) is 0 Å². The standard InChI is InChI=1S/C20H25FN2/c1-17(15-18-7-9-20(21)10-8-18)23-13-11-22(12-14-23)16-19-5-3-2-4-6-19/h2-10,17H,11-16H2,1H3/t17-/m1/s1. The summed E-state index contributed by atoms with van der Waals surface area (Å²) in [5.74, 6) is -0.157. The molecule has 0 unspecified atom stereocenters. The van der Waals surface area contributed by atoms with Crippen molar-refractivity contribution in [1.82, 2.24) is 9.80 Å². The van der Waals surface area contributed by atoms with E-state index in [1.165, 1.54) is 11.1 Å². The van der Waals surface area contributed by atoms with Crippen molar-refractivity contribution < 1.29 is 4.39 Å². The van der Waals surface area contributed by atoms with Crippen molar-refractivity contribution in [2.75, 3.05) is 26.2 Å². The number of piperazine rings is 1. The van der Waals surface area contributed by atoms with Crippen molar-refractivity contribution in [3.63, 3.8) is 0 Å². The minimum atomic E-state index is -0.157. The molecular weight excluding hydrogens is 287 g/mol. The summed E-state index contributed by atoms with van der Waals surface area (Å²) in [5, 5.41) is 0. The van der Waals surface area contributed by atoms with E-state index in [0.717, 1.165) is 39.1 Å². The summed E-state index contributed by atoms with van der Waals surface area (Å²) in [6, 6.07) is 18.1. The van der Waals surface area contributed by atoms with E-state index in [0.29, 0.717) is 6.04 Å². The van der Waals surface area contributed by atoms with Crippen LogP contribution >= 0.6 is 0 Å². The molecule has 3 heteroatoms. The summed E-state index contributed by atoms with van der Waals surface area (Å²) < 4.78 is 13.0. The molecule has 0 aliphatic carbocycles. The molecule has 0 N–H and O–H groups in total. The molecule has 0 spiro atoms. The molecule has 0 amide bonds. The molecule has 2 nitrogen and oxygen atoms in total. The van der Waals surface area contributed by atoms with Gasteiger partial charge < -0.3 is 0 Å². The second kappa shape index (κ2) is 7.71. The van der Waals surface area contributed by atoms with Crippen LogP contribution in [0.3, 0.4) is 0 Å². The van der Waals surface area contributed by atoms with Gasteiger partial charge in [-0.2, -0.15) is 0 Å². The van der Waals surface area contributed by atoms with Crippen molar-refractivity contribution in [1.29, 1.82) is 0 Å². The Labute approximate surface area is 138 Å². The Kier molecular flexibility index (Phi) is 5.42. The van der Waals surface area contributed by atoms with Crippen molar-refractivity contribution >= 4 is 0 Å². The molecule has 1 fully saturated rings. The highest BCUT2D eigenvalue weighted by Gasteiger charge is 2.21. The number of hydrogen-bond acceptors (Lipinski definition) is 2. The number of nitrogens with zero attached hydrogens (tertiary/aromatic N) is 2. The van der Waals surface area contributed by atoms with E-state index in [4.69, 9.17) is 0 Å². The van der Waals surface area contributed by atoms with Crippen LogP contribution in [-0.2, 0) is 13.0 Å². The van der Waals surface area contributed by atoms with Gasteiger partial charge in [0.1, 0.15) is 5.82 Å². The van der Waals surface area contributed by atoms with Gasteiger partial charge in [0, 0.05) is 38.8 Å².